The lowest BCUT2D eigenvalue weighted by molar-refractivity contribution is 0.0341. The molecule has 1 aromatic heterocycles. The van der Waals surface area contributed by atoms with Gasteiger partial charge in [0.25, 0.3) is 15.9 Å². The van der Waals surface area contributed by atoms with Gasteiger partial charge in [0.2, 0.25) is 0 Å². The molecule has 0 aliphatic carbocycles. The van der Waals surface area contributed by atoms with E-state index in [9.17, 15) is 18.3 Å². The van der Waals surface area contributed by atoms with Crippen LogP contribution in [0.15, 0.2) is 71.9 Å². The van der Waals surface area contributed by atoms with Crippen molar-refractivity contribution in [1.29, 1.82) is 0 Å². The summed E-state index contributed by atoms with van der Waals surface area (Å²) in [6.07, 6.45) is 3.25. The van der Waals surface area contributed by atoms with Crippen molar-refractivity contribution >= 4 is 21.6 Å². The second-order valence-corrected chi connectivity index (χ2v) is 11.8. The van der Waals surface area contributed by atoms with E-state index in [1.165, 1.54) is 25.3 Å². The second kappa shape index (κ2) is 12.7. The Hall–Kier alpha value is -3.67. The van der Waals surface area contributed by atoms with E-state index < -0.39 is 16.1 Å². The van der Waals surface area contributed by atoms with Crippen LogP contribution in [0.2, 0.25) is 0 Å². The third-order valence-electron chi connectivity index (χ3n) is 6.98. The van der Waals surface area contributed by atoms with Gasteiger partial charge in [0.15, 0.2) is 0 Å². The average molecular weight is 569 g/mol. The van der Waals surface area contributed by atoms with Crippen LogP contribution in [0.4, 0.5) is 5.69 Å². The van der Waals surface area contributed by atoms with Gasteiger partial charge in [0.05, 0.1) is 30.2 Å². The molecule has 11 heteroatoms. The smallest absolute Gasteiger partial charge is 0.261 e. The number of methoxy groups -OCH3 is 1. The number of likely N-dealkylation sites (N-methyl/N-ethyl adjacent to an activating group) is 1. The van der Waals surface area contributed by atoms with E-state index in [1.54, 1.807) is 48.5 Å². The number of aliphatic hydroxyl groups is 1. The first-order valence-corrected chi connectivity index (χ1v) is 14.6. The quantitative estimate of drug-likeness (QED) is 0.382. The Morgan fingerprint density at radius 2 is 1.88 bits per heavy atom. The third-order valence-corrected chi connectivity index (χ3v) is 8.38. The number of pyridine rings is 1. The highest BCUT2D eigenvalue weighted by Crippen LogP contribution is 2.31. The van der Waals surface area contributed by atoms with Crippen molar-refractivity contribution in [3.05, 3.63) is 78.1 Å². The van der Waals surface area contributed by atoms with Crippen molar-refractivity contribution in [1.82, 2.24) is 14.8 Å². The number of rotatable bonds is 10. The summed E-state index contributed by atoms with van der Waals surface area (Å²) in [6.45, 7) is 5.26. The van der Waals surface area contributed by atoms with Crippen molar-refractivity contribution in [3.8, 4) is 11.5 Å². The number of nitrogens with zero attached hydrogens (tertiary/aromatic N) is 3. The average Bonchev–Trinajstić information content (AvgIpc) is 2.95. The zero-order valence-corrected chi connectivity index (χ0v) is 24.0. The SMILES string of the molecule is COc1ccc(S(=O)(=O)Nc2ccc3c(c2)C(=O)N([C@H](C)CO)C[C@@H](C)[C@H](CN(C)Cc2ccncc2)O3)cc1. The first-order valence-electron chi connectivity index (χ1n) is 13.1. The first-order chi connectivity index (χ1) is 19.1. The second-order valence-electron chi connectivity index (χ2n) is 10.2. The maximum absolute atomic E-state index is 13.7. The van der Waals surface area contributed by atoms with Crippen LogP contribution in [0.1, 0.15) is 29.8 Å². The molecule has 1 aliphatic heterocycles. The summed E-state index contributed by atoms with van der Waals surface area (Å²) >= 11 is 0. The number of anilines is 1. The number of aliphatic hydroxyl groups excluding tert-OH is 1. The Kier molecular flexibility index (Phi) is 9.28. The van der Waals surface area contributed by atoms with Gasteiger partial charge in [-0.1, -0.05) is 6.92 Å². The minimum Gasteiger partial charge on any atom is -0.497 e. The van der Waals surface area contributed by atoms with Gasteiger partial charge >= 0.3 is 0 Å². The topological polar surface area (TPSA) is 121 Å². The Labute approximate surface area is 235 Å². The van der Waals surface area contributed by atoms with Gasteiger partial charge in [-0.05, 0) is 74.1 Å². The van der Waals surface area contributed by atoms with Gasteiger partial charge < -0.3 is 19.5 Å². The molecule has 10 nitrogen and oxygen atoms in total. The molecule has 0 radical (unpaired) electrons. The van der Waals surface area contributed by atoms with Crippen LogP contribution in [0.25, 0.3) is 0 Å². The molecule has 2 N–H and O–H groups in total. The normalized spacial score (nSPS) is 18.4. The zero-order chi connectivity index (χ0) is 28.9. The molecular formula is C29H36N4O6S. The molecular weight excluding hydrogens is 532 g/mol. The van der Waals surface area contributed by atoms with Gasteiger partial charge in [-0.3, -0.25) is 19.4 Å². The number of sulfonamides is 1. The van der Waals surface area contributed by atoms with Crippen LogP contribution < -0.4 is 14.2 Å². The molecule has 0 unspecified atom stereocenters. The number of amides is 1. The summed E-state index contributed by atoms with van der Waals surface area (Å²) in [5.74, 6) is 0.522. The van der Waals surface area contributed by atoms with Crippen LogP contribution in [0.5, 0.6) is 11.5 Å². The molecule has 0 spiro atoms. The summed E-state index contributed by atoms with van der Waals surface area (Å²) in [7, 11) is -0.410. The molecule has 0 fully saturated rings. The molecule has 0 saturated heterocycles. The van der Waals surface area contributed by atoms with Gasteiger partial charge in [-0.2, -0.15) is 0 Å². The molecule has 0 saturated carbocycles. The van der Waals surface area contributed by atoms with E-state index in [2.05, 4.69) is 14.6 Å². The molecule has 40 heavy (non-hydrogen) atoms. The van der Waals surface area contributed by atoms with Crippen molar-refractivity contribution in [2.45, 2.75) is 37.4 Å². The van der Waals surface area contributed by atoms with Crippen LogP contribution in [0, 0.1) is 5.92 Å². The lowest BCUT2D eigenvalue weighted by Crippen LogP contribution is -2.49. The van der Waals surface area contributed by atoms with E-state index in [4.69, 9.17) is 9.47 Å². The molecule has 2 aromatic carbocycles. The largest absolute Gasteiger partial charge is 0.497 e. The first kappa shape index (κ1) is 29.3. The Morgan fingerprint density at radius 1 is 1.18 bits per heavy atom. The third kappa shape index (κ3) is 6.90. The molecule has 4 rings (SSSR count). The maximum Gasteiger partial charge on any atom is 0.261 e. The van der Waals surface area contributed by atoms with Gasteiger partial charge in [-0.15, -0.1) is 0 Å². The van der Waals surface area contributed by atoms with Crippen molar-refractivity contribution < 1.29 is 27.8 Å². The fourth-order valence-electron chi connectivity index (χ4n) is 4.64. The number of hydrogen-bond donors (Lipinski definition) is 2. The predicted molar refractivity (Wildman–Crippen MR) is 152 cm³/mol. The van der Waals surface area contributed by atoms with E-state index in [0.717, 1.165) is 5.56 Å². The lowest BCUT2D eigenvalue weighted by Gasteiger charge is -2.38. The monoisotopic (exact) mass is 568 g/mol. The van der Waals surface area contributed by atoms with E-state index in [-0.39, 0.29) is 40.7 Å². The van der Waals surface area contributed by atoms with Crippen LogP contribution >= 0.6 is 0 Å². The highest BCUT2D eigenvalue weighted by molar-refractivity contribution is 7.92. The van der Waals surface area contributed by atoms with Crippen LogP contribution in [-0.4, -0.2) is 80.2 Å². The van der Waals surface area contributed by atoms with E-state index in [0.29, 0.717) is 31.1 Å². The Bertz CT molecular complexity index is 1400. The zero-order valence-electron chi connectivity index (χ0n) is 23.1. The summed E-state index contributed by atoms with van der Waals surface area (Å²) in [6, 6.07) is 14.2. The van der Waals surface area contributed by atoms with Crippen molar-refractivity contribution in [2.24, 2.45) is 5.92 Å². The minimum atomic E-state index is -3.92. The van der Waals surface area contributed by atoms with E-state index >= 15 is 0 Å². The minimum absolute atomic E-state index is 0.0424. The lowest BCUT2D eigenvalue weighted by atomic mass is 9.99. The summed E-state index contributed by atoms with van der Waals surface area (Å²) in [5.41, 5.74) is 1.57. The molecule has 3 aromatic rings. The summed E-state index contributed by atoms with van der Waals surface area (Å²) < 4.78 is 40.2. The molecule has 0 bridgehead atoms. The molecule has 214 valence electrons. The predicted octanol–water partition coefficient (Wildman–Crippen LogP) is 3.24. The van der Waals surface area contributed by atoms with Gasteiger partial charge in [0.1, 0.15) is 17.6 Å². The standard InChI is InChI=1S/C29H36N4O6S/c1-20-16-33(21(2)19-34)29(35)26-15-23(31-40(36,37)25-8-6-24(38-4)7-9-25)5-10-27(26)39-28(20)18-32(3)17-22-11-13-30-14-12-22/h5-15,20-21,28,31,34H,16-19H2,1-4H3/t20-,21-,28+/m1/s1. The summed E-state index contributed by atoms with van der Waals surface area (Å²) in [5, 5.41) is 9.91. The molecule has 1 aliphatic rings. The number of hydrogen-bond acceptors (Lipinski definition) is 8. The Balaban J connectivity index is 1.62. The number of carbonyl (C=O) groups excluding carboxylic acids is 1. The number of fused-ring (bicyclic) bond motifs is 1. The maximum atomic E-state index is 13.7. The van der Waals surface area contributed by atoms with Crippen molar-refractivity contribution in [2.75, 3.05) is 38.6 Å². The molecule has 3 atom stereocenters. The number of nitrogens with one attached hydrogen (secondary N) is 1. The summed E-state index contributed by atoms with van der Waals surface area (Å²) in [4.78, 5) is 21.6. The highest BCUT2D eigenvalue weighted by atomic mass is 32.2. The van der Waals surface area contributed by atoms with Gasteiger partial charge in [0, 0.05) is 43.6 Å². The number of ether oxygens (including phenoxy) is 2. The number of carbonyl (C=O) groups is 1. The van der Waals surface area contributed by atoms with Crippen LogP contribution in [-0.2, 0) is 16.6 Å². The fraction of sp³-hybridized carbons (Fsp3) is 0.379. The van der Waals surface area contributed by atoms with Gasteiger partial charge in [-0.25, -0.2) is 8.42 Å². The number of aromatic nitrogens is 1. The van der Waals surface area contributed by atoms with Crippen molar-refractivity contribution in [3.63, 3.8) is 0 Å². The molecule has 2 heterocycles. The highest BCUT2D eigenvalue weighted by Gasteiger charge is 2.33. The Morgan fingerprint density at radius 3 is 2.52 bits per heavy atom. The number of benzene rings is 2. The van der Waals surface area contributed by atoms with Crippen LogP contribution in [0.3, 0.4) is 0 Å². The van der Waals surface area contributed by atoms with E-state index in [1.807, 2.05) is 26.1 Å². The molecule has 1 amide bonds. The fourth-order valence-corrected chi connectivity index (χ4v) is 5.69.